The van der Waals surface area contributed by atoms with E-state index in [0.29, 0.717) is 0 Å². The Morgan fingerprint density at radius 3 is 1.58 bits per heavy atom. The molecule has 0 saturated heterocycles. The highest BCUT2D eigenvalue weighted by molar-refractivity contribution is 7.26. The van der Waals surface area contributed by atoms with Crippen LogP contribution in [-0.4, -0.2) is 4.57 Å². The summed E-state index contributed by atoms with van der Waals surface area (Å²) in [7, 11) is 0. The van der Waals surface area contributed by atoms with Gasteiger partial charge >= 0.3 is 0 Å². The molecule has 0 aliphatic heterocycles. The first-order chi connectivity index (χ1) is 36.7. The molecule has 346 valence electrons. The summed E-state index contributed by atoms with van der Waals surface area (Å²) in [4.78, 5) is 2.48. The van der Waals surface area contributed by atoms with Crippen LogP contribution in [0.5, 0.6) is 0 Å². The number of hydrogen-bond donors (Lipinski definition) is 0. The second-order valence-electron chi connectivity index (χ2n) is 19.6. The molecular formula is C71H46N2S. The van der Waals surface area contributed by atoms with Crippen LogP contribution in [0, 0.1) is 0 Å². The lowest BCUT2D eigenvalue weighted by molar-refractivity contribution is 0.768. The van der Waals surface area contributed by atoms with Crippen LogP contribution in [0.25, 0.3) is 91.8 Å². The Kier molecular flexibility index (Phi) is 9.70. The van der Waals surface area contributed by atoms with Gasteiger partial charge in [-0.05, 0) is 122 Å². The third-order valence-electron chi connectivity index (χ3n) is 15.7. The molecule has 0 fully saturated rings. The molecule has 12 aromatic carbocycles. The zero-order valence-electron chi connectivity index (χ0n) is 40.4. The molecule has 2 heterocycles. The zero-order chi connectivity index (χ0) is 48.7. The van der Waals surface area contributed by atoms with E-state index >= 15 is 0 Å². The van der Waals surface area contributed by atoms with Gasteiger partial charge in [0.25, 0.3) is 0 Å². The van der Waals surface area contributed by atoms with Gasteiger partial charge in [0, 0.05) is 53.6 Å². The molecule has 0 saturated carbocycles. The Balaban J connectivity index is 0.885. The van der Waals surface area contributed by atoms with Gasteiger partial charge in [0.05, 0.1) is 22.1 Å². The second kappa shape index (κ2) is 16.9. The topological polar surface area (TPSA) is 8.17 Å². The Bertz CT molecular complexity index is 4380. The SMILES string of the molecule is c1ccc(C2(c3ccccc3)c3ccccc3-c3c(N(c4ccc(-c5cccc(-n6c7ccccc7c7ccccc76)c5)cc4)c4ccc(-c5ccc6c(c5)sc5c7ccccc7ccc65)cc4)cccc32)cc1. The van der Waals surface area contributed by atoms with Gasteiger partial charge in [-0.25, -0.2) is 0 Å². The smallest absolute Gasteiger partial charge is 0.0714 e. The maximum atomic E-state index is 2.48. The molecule has 1 aliphatic carbocycles. The van der Waals surface area contributed by atoms with E-state index in [0.717, 1.165) is 28.3 Å². The minimum atomic E-state index is -0.525. The third kappa shape index (κ3) is 6.43. The van der Waals surface area contributed by atoms with Crippen molar-refractivity contribution in [1.29, 1.82) is 0 Å². The molecule has 0 unspecified atom stereocenters. The van der Waals surface area contributed by atoms with E-state index < -0.39 is 5.41 Å². The average molecular weight is 959 g/mol. The van der Waals surface area contributed by atoms with Gasteiger partial charge in [0.15, 0.2) is 0 Å². The molecule has 15 rings (SSSR count). The zero-order valence-corrected chi connectivity index (χ0v) is 41.2. The summed E-state index contributed by atoms with van der Waals surface area (Å²) in [6, 6.07) is 103. The van der Waals surface area contributed by atoms with Crippen molar-refractivity contribution in [2.45, 2.75) is 5.41 Å². The maximum Gasteiger partial charge on any atom is 0.0714 e. The van der Waals surface area contributed by atoms with Crippen LogP contribution in [0.3, 0.4) is 0 Å². The van der Waals surface area contributed by atoms with Crippen LogP contribution in [0.15, 0.2) is 279 Å². The molecule has 0 atom stereocenters. The normalized spacial score (nSPS) is 12.7. The summed E-state index contributed by atoms with van der Waals surface area (Å²) < 4.78 is 5.05. The lowest BCUT2D eigenvalue weighted by atomic mass is 9.68. The molecule has 14 aromatic rings. The first-order valence-electron chi connectivity index (χ1n) is 25.5. The summed E-state index contributed by atoms with van der Waals surface area (Å²) in [6.07, 6.45) is 0. The summed E-state index contributed by atoms with van der Waals surface area (Å²) in [5, 5.41) is 7.75. The predicted molar refractivity (Wildman–Crippen MR) is 314 cm³/mol. The minimum absolute atomic E-state index is 0.525. The van der Waals surface area contributed by atoms with Gasteiger partial charge in [-0.1, -0.05) is 218 Å². The van der Waals surface area contributed by atoms with Crippen molar-refractivity contribution in [3.05, 3.63) is 301 Å². The highest BCUT2D eigenvalue weighted by Gasteiger charge is 2.47. The van der Waals surface area contributed by atoms with Crippen molar-refractivity contribution in [2.24, 2.45) is 0 Å². The number of thiophene rings is 1. The number of anilines is 3. The molecule has 2 nitrogen and oxygen atoms in total. The summed E-state index contributed by atoms with van der Waals surface area (Å²) in [6.45, 7) is 0. The van der Waals surface area contributed by atoms with Crippen LogP contribution >= 0.6 is 11.3 Å². The van der Waals surface area contributed by atoms with Crippen LogP contribution < -0.4 is 4.90 Å². The molecule has 0 amide bonds. The second-order valence-corrected chi connectivity index (χ2v) is 20.6. The van der Waals surface area contributed by atoms with Crippen LogP contribution in [0.4, 0.5) is 17.1 Å². The standard InChI is InChI=1S/C71H46N2S/c1-3-19-52(20-4-1)71(53-21-5-2-6-22-53)63-28-12-9-27-62(63)69-64(71)29-16-32-67(69)72(55-41-35-48(36-42-55)51-38-43-60-61-44-37-49-17-7-8-24-57(49)70(61)74-68(60)46-51)54-39-33-47(34-40-54)50-18-15-23-56(45-50)73-65-30-13-10-25-58(65)59-26-11-14-31-66(59)73/h1-46H. The van der Waals surface area contributed by atoms with E-state index in [4.69, 9.17) is 0 Å². The number of hydrogen-bond acceptors (Lipinski definition) is 2. The van der Waals surface area contributed by atoms with Crippen molar-refractivity contribution >= 4 is 81.1 Å². The lowest BCUT2D eigenvalue weighted by Gasteiger charge is -2.34. The highest BCUT2D eigenvalue weighted by Crippen LogP contribution is 2.59. The first kappa shape index (κ1) is 42.4. The fourth-order valence-corrected chi connectivity index (χ4v) is 13.7. The van der Waals surface area contributed by atoms with Crippen LogP contribution in [0.2, 0.25) is 0 Å². The van der Waals surface area contributed by atoms with Crippen molar-refractivity contribution in [3.8, 4) is 39.1 Å². The third-order valence-corrected chi connectivity index (χ3v) is 16.9. The summed E-state index contributed by atoms with van der Waals surface area (Å²) in [5.41, 5.74) is 18.6. The number of nitrogens with zero attached hydrogens (tertiary/aromatic N) is 2. The van der Waals surface area contributed by atoms with Gasteiger partial charge in [0.2, 0.25) is 0 Å². The highest BCUT2D eigenvalue weighted by atomic mass is 32.1. The van der Waals surface area contributed by atoms with E-state index in [1.807, 2.05) is 11.3 Å². The van der Waals surface area contributed by atoms with E-state index in [1.54, 1.807) is 0 Å². The van der Waals surface area contributed by atoms with Gasteiger partial charge in [-0.2, -0.15) is 0 Å². The van der Waals surface area contributed by atoms with Gasteiger partial charge in [-0.3, -0.25) is 0 Å². The number of benzene rings is 12. The van der Waals surface area contributed by atoms with E-state index in [2.05, 4.69) is 289 Å². The van der Waals surface area contributed by atoms with Crippen LogP contribution in [0.1, 0.15) is 22.3 Å². The van der Waals surface area contributed by atoms with E-state index in [9.17, 15) is 0 Å². The number of fused-ring (bicyclic) bond motifs is 11. The average Bonchev–Trinajstić information content (AvgIpc) is 4.21. The molecule has 0 N–H and O–H groups in total. The monoisotopic (exact) mass is 958 g/mol. The molecule has 1 aliphatic rings. The fraction of sp³-hybridized carbons (Fsp3) is 0.0141. The predicted octanol–water partition coefficient (Wildman–Crippen LogP) is 19.5. The minimum Gasteiger partial charge on any atom is -0.310 e. The van der Waals surface area contributed by atoms with Crippen LogP contribution in [-0.2, 0) is 5.41 Å². The van der Waals surface area contributed by atoms with Crippen molar-refractivity contribution in [2.75, 3.05) is 4.90 Å². The Morgan fingerprint density at radius 2 is 0.892 bits per heavy atom. The molecule has 74 heavy (non-hydrogen) atoms. The van der Waals surface area contributed by atoms with Gasteiger partial charge in [-0.15, -0.1) is 11.3 Å². The van der Waals surface area contributed by atoms with E-state index in [-0.39, 0.29) is 0 Å². The van der Waals surface area contributed by atoms with Gasteiger partial charge in [0.1, 0.15) is 0 Å². The Labute approximate surface area is 433 Å². The number of aromatic nitrogens is 1. The Morgan fingerprint density at radius 1 is 0.351 bits per heavy atom. The van der Waals surface area contributed by atoms with Crippen molar-refractivity contribution in [1.82, 2.24) is 4.57 Å². The van der Waals surface area contributed by atoms with Crippen molar-refractivity contribution < 1.29 is 0 Å². The van der Waals surface area contributed by atoms with Gasteiger partial charge < -0.3 is 9.47 Å². The largest absolute Gasteiger partial charge is 0.310 e. The lowest BCUT2D eigenvalue weighted by Crippen LogP contribution is -2.28. The van der Waals surface area contributed by atoms with E-state index in [1.165, 1.54) is 103 Å². The molecule has 0 radical (unpaired) electrons. The summed E-state index contributed by atoms with van der Waals surface area (Å²) >= 11 is 1.90. The molecule has 3 heteroatoms. The maximum absolute atomic E-state index is 2.48. The molecule has 0 bridgehead atoms. The summed E-state index contributed by atoms with van der Waals surface area (Å²) in [5.74, 6) is 0. The molecule has 0 spiro atoms. The molecule has 2 aromatic heterocycles. The number of para-hydroxylation sites is 2. The Hall–Kier alpha value is -9.28. The fourth-order valence-electron chi connectivity index (χ4n) is 12.4. The van der Waals surface area contributed by atoms with Crippen molar-refractivity contribution in [3.63, 3.8) is 0 Å². The first-order valence-corrected chi connectivity index (χ1v) is 26.3. The number of rotatable bonds is 8. The molecular weight excluding hydrogens is 913 g/mol. The quantitative estimate of drug-likeness (QED) is 0.147.